The number of ether oxygens (including phenoxy) is 2. The maximum Gasteiger partial charge on any atom is 0.410 e. The second-order valence-electron chi connectivity index (χ2n) is 11.6. The molecule has 2 amide bonds. The highest BCUT2D eigenvalue weighted by atomic mass is 16.6. The number of nitrogens with one attached hydrogen (secondary N) is 2. The van der Waals surface area contributed by atoms with Gasteiger partial charge in [-0.05, 0) is 82.8 Å². The number of benzene rings is 1. The van der Waals surface area contributed by atoms with Gasteiger partial charge >= 0.3 is 6.09 Å². The summed E-state index contributed by atoms with van der Waals surface area (Å²) in [6.07, 6.45) is 6.68. The van der Waals surface area contributed by atoms with Crippen LogP contribution in [0.15, 0.2) is 12.1 Å². The van der Waals surface area contributed by atoms with Gasteiger partial charge in [0.05, 0.1) is 12.7 Å². The van der Waals surface area contributed by atoms with E-state index in [1.165, 1.54) is 25.7 Å². The Morgan fingerprint density at radius 2 is 2.03 bits per heavy atom. The van der Waals surface area contributed by atoms with Gasteiger partial charge in [0.15, 0.2) is 0 Å². The minimum atomic E-state index is -0.515. The lowest BCUT2D eigenvalue weighted by Gasteiger charge is -2.34. The van der Waals surface area contributed by atoms with E-state index in [0.29, 0.717) is 48.3 Å². The summed E-state index contributed by atoms with van der Waals surface area (Å²) in [5.41, 5.74) is 1.52. The number of piperidine rings is 1. The fourth-order valence-corrected chi connectivity index (χ4v) is 6.25. The average Bonchev–Trinajstić information content (AvgIpc) is 3.56. The number of rotatable bonds is 5. The average molecular weight is 483 g/mol. The zero-order valence-corrected chi connectivity index (χ0v) is 21.4. The van der Waals surface area contributed by atoms with Crippen LogP contribution in [0.3, 0.4) is 0 Å². The third-order valence-electron chi connectivity index (χ3n) is 7.90. The van der Waals surface area contributed by atoms with Crippen LogP contribution in [0.25, 0.3) is 11.0 Å². The SMILES string of the molecule is COc1ccc(C(=O)NCC2CCCN(C(=O)OC(C)(C)C)C2)c2nc(C3CC4CCC3C4)[nH]c12. The number of likely N-dealkylation sites (tertiary alicyclic amines) is 1. The van der Waals surface area contributed by atoms with E-state index in [-0.39, 0.29) is 17.9 Å². The fourth-order valence-electron chi connectivity index (χ4n) is 6.25. The maximum atomic E-state index is 13.3. The molecule has 1 aliphatic heterocycles. The van der Waals surface area contributed by atoms with Gasteiger partial charge in [-0.1, -0.05) is 6.42 Å². The third-order valence-corrected chi connectivity index (χ3v) is 7.90. The molecule has 2 bridgehead atoms. The number of fused-ring (bicyclic) bond motifs is 3. The van der Waals surface area contributed by atoms with Crippen molar-refractivity contribution in [3.63, 3.8) is 0 Å². The van der Waals surface area contributed by atoms with Crippen LogP contribution in [0.1, 0.15) is 81.4 Å². The van der Waals surface area contributed by atoms with Gasteiger partial charge in [0, 0.05) is 25.6 Å². The van der Waals surface area contributed by atoms with Crippen molar-refractivity contribution in [1.29, 1.82) is 0 Å². The van der Waals surface area contributed by atoms with Crippen molar-refractivity contribution >= 4 is 23.0 Å². The Labute approximate surface area is 207 Å². The van der Waals surface area contributed by atoms with Crippen LogP contribution >= 0.6 is 0 Å². The maximum absolute atomic E-state index is 13.3. The molecule has 2 N–H and O–H groups in total. The first-order valence-electron chi connectivity index (χ1n) is 13.0. The van der Waals surface area contributed by atoms with Gasteiger partial charge in [0.2, 0.25) is 0 Å². The van der Waals surface area contributed by atoms with Gasteiger partial charge in [-0.25, -0.2) is 9.78 Å². The number of hydrogen-bond donors (Lipinski definition) is 2. The zero-order chi connectivity index (χ0) is 24.7. The summed E-state index contributed by atoms with van der Waals surface area (Å²) in [6.45, 7) is 7.41. The highest BCUT2D eigenvalue weighted by Crippen LogP contribution is 2.52. The van der Waals surface area contributed by atoms with E-state index < -0.39 is 5.60 Å². The lowest BCUT2D eigenvalue weighted by molar-refractivity contribution is 0.0167. The monoisotopic (exact) mass is 482 g/mol. The van der Waals surface area contributed by atoms with Gasteiger partial charge in [0.25, 0.3) is 5.91 Å². The predicted octanol–water partition coefficient (Wildman–Crippen LogP) is 4.85. The number of hydrogen-bond acceptors (Lipinski definition) is 5. The highest BCUT2D eigenvalue weighted by Gasteiger charge is 2.42. The van der Waals surface area contributed by atoms with Crippen molar-refractivity contribution in [2.75, 3.05) is 26.7 Å². The summed E-state index contributed by atoms with van der Waals surface area (Å²) in [4.78, 5) is 35.9. The zero-order valence-electron chi connectivity index (χ0n) is 21.4. The molecular formula is C27H38N4O4. The Morgan fingerprint density at radius 3 is 2.71 bits per heavy atom. The second kappa shape index (κ2) is 9.36. The van der Waals surface area contributed by atoms with Crippen LogP contribution in [0, 0.1) is 17.8 Å². The van der Waals surface area contributed by atoms with Crippen molar-refractivity contribution in [2.24, 2.45) is 17.8 Å². The molecule has 0 spiro atoms. The molecule has 190 valence electrons. The Balaban J connectivity index is 1.28. The number of aromatic amines is 1. The molecule has 8 heteroatoms. The smallest absolute Gasteiger partial charge is 0.410 e. The highest BCUT2D eigenvalue weighted by molar-refractivity contribution is 6.06. The summed E-state index contributed by atoms with van der Waals surface area (Å²) in [5, 5.41) is 3.10. The van der Waals surface area contributed by atoms with Crippen molar-refractivity contribution < 1.29 is 19.1 Å². The summed E-state index contributed by atoms with van der Waals surface area (Å²) in [5.74, 6) is 3.71. The van der Waals surface area contributed by atoms with Crippen LogP contribution < -0.4 is 10.1 Å². The largest absolute Gasteiger partial charge is 0.494 e. The van der Waals surface area contributed by atoms with Crippen LogP contribution in [-0.4, -0.2) is 59.2 Å². The molecule has 3 aliphatic rings. The van der Waals surface area contributed by atoms with Gasteiger partial charge in [0.1, 0.15) is 28.2 Å². The van der Waals surface area contributed by atoms with E-state index in [2.05, 4.69) is 10.3 Å². The molecule has 4 atom stereocenters. The molecular weight excluding hydrogens is 444 g/mol. The Morgan fingerprint density at radius 1 is 1.20 bits per heavy atom. The quantitative estimate of drug-likeness (QED) is 0.635. The number of imidazole rings is 1. The van der Waals surface area contributed by atoms with Gasteiger partial charge in [-0.2, -0.15) is 0 Å². The molecule has 1 aromatic carbocycles. The standard InChI is InChI=1S/C27H38N4O4/c1-27(2,3)35-26(33)31-11-5-6-17(15-31)14-28-25(32)19-9-10-21(34-4)23-22(19)29-24(30-23)20-13-16-7-8-18(20)12-16/h9-10,16-18,20H,5-8,11-15H2,1-4H3,(H,28,32)(H,29,30). The molecule has 2 saturated carbocycles. The molecule has 1 saturated heterocycles. The minimum Gasteiger partial charge on any atom is -0.494 e. The number of aromatic nitrogens is 2. The molecule has 5 rings (SSSR count). The first-order chi connectivity index (χ1) is 16.7. The number of methoxy groups -OCH3 is 1. The van der Waals surface area contributed by atoms with E-state index in [0.717, 1.165) is 30.1 Å². The lowest BCUT2D eigenvalue weighted by Crippen LogP contribution is -2.45. The van der Waals surface area contributed by atoms with Crippen molar-refractivity contribution in [2.45, 2.75) is 70.8 Å². The van der Waals surface area contributed by atoms with Crippen LogP contribution in [-0.2, 0) is 4.74 Å². The summed E-state index contributed by atoms with van der Waals surface area (Å²) < 4.78 is 11.1. The van der Waals surface area contributed by atoms with E-state index in [4.69, 9.17) is 14.5 Å². The van der Waals surface area contributed by atoms with Crippen LogP contribution in [0.5, 0.6) is 5.75 Å². The van der Waals surface area contributed by atoms with Gasteiger partial charge in [-0.15, -0.1) is 0 Å². The van der Waals surface area contributed by atoms with Crippen molar-refractivity contribution in [3.05, 3.63) is 23.5 Å². The second-order valence-corrected chi connectivity index (χ2v) is 11.6. The first-order valence-corrected chi connectivity index (χ1v) is 13.0. The summed E-state index contributed by atoms with van der Waals surface area (Å²) in [6, 6.07) is 3.64. The van der Waals surface area contributed by atoms with E-state index in [1.54, 1.807) is 18.1 Å². The molecule has 4 unspecified atom stereocenters. The normalized spacial score (nSPS) is 26.2. The molecule has 8 nitrogen and oxygen atoms in total. The molecule has 0 radical (unpaired) electrons. The number of H-pyrrole nitrogens is 1. The van der Waals surface area contributed by atoms with Crippen LogP contribution in [0.2, 0.25) is 0 Å². The molecule has 35 heavy (non-hydrogen) atoms. The third kappa shape index (κ3) is 4.98. The Kier molecular flexibility index (Phi) is 6.40. The predicted molar refractivity (Wildman–Crippen MR) is 134 cm³/mol. The van der Waals surface area contributed by atoms with Crippen molar-refractivity contribution in [3.8, 4) is 5.75 Å². The number of amides is 2. The molecule has 3 fully saturated rings. The summed E-state index contributed by atoms with van der Waals surface area (Å²) in [7, 11) is 1.64. The van der Waals surface area contributed by atoms with Gasteiger partial charge < -0.3 is 24.7 Å². The Hall–Kier alpha value is -2.77. The number of carbonyl (C=O) groups excluding carboxylic acids is 2. The first kappa shape index (κ1) is 23.9. The topological polar surface area (TPSA) is 96.6 Å². The Bertz CT molecular complexity index is 1100. The van der Waals surface area contributed by atoms with E-state index in [9.17, 15) is 9.59 Å². The van der Waals surface area contributed by atoms with Crippen molar-refractivity contribution in [1.82, 2.24) is 20.2 Å². The molecule has 2 heterocycles. The molecule has 2 aromatic rings. The summed E-state index contributed by atoms with van der Waals surface area (Å²) >= 11 is 0. The fraction of sp³-hybridized carbons (Fsp3) is 0.667. The van der Waals surface area contributed by atoms with Gasteiger partial charge in [-0.3, -0.25) is 4.79 Å². The van der Waals surface area contributed by atoms with E-state index >= 15 is 0 Å². The van der Waals surface area contributed by atoms with Crippen LogP contribution in [0.4, 0.5) is 4.79 Å². The number of nitrogens with zero attached hydrogens (tertiary/aromatic N) is 2. The molecule has 1 aromatic heterocycles. The molecule has 2 aliphatic carbocycles. The minimum absolute atomic E-state index is 0.141. The number of carbonyl (C=O) groups is 2. The van der Waals surface area contributed by atoms with E-state index in [1.807, 2.05) is 26.8 Å². The lowest BCUT2D eigenvalue weighted by atomic mass is 9.88.